The second-order valence-corrected chi connectivity index (χ2v) is 8.99. The molecule has 1 amide bonds. The summed E-state index contributed by atoms with van der Waals surface area (Å²) in [6.45, 7) is 1.68. The van der Waals surface area contributed by atoms with Crippen molar-refractivity contribution in [1.82, 2.24) is 4.31 Å². The maximum atomic E-state index is 13.0. The van der Waals surface area contributed by atoms with Crippen molar-refractivity contribution in [2.75, 3.05) is 37.4 Å². The second-order valence-electron chi connectivity index (χ2n) is 6.84. The highest BCUT2D eigenvalue weighted by molar-refractivity contribution is 7.89. The fraction of sp³-hybridized carbons (Fsp3) is 0.286. The van der Waals surface area contributed by atoms with Gasteiger partial charge in [-0.05, 0) is 49.2 Å². The number of carbonyl (C=O) groups is 1. The van der Waals surface area contributed by atoms with Crippen LogP contribution in [0.1, 0.15) is 28.8 Å². The van der Waals surface area contributed by atoms with E-state index in [9.17, 15) is 13.2 Å². The first-order chi connectivity index (χ1) is 13.3. The van der Waals surface area contributed by atoms with Gasteiger partial charge in [0.25, 0.3) is 5.91 Å². The lowest BCUT2D eigenvalue weighted by atomic mass is 10.1. The van der Waals surface area contributed by atoms with E-state index in [0.29, 0.717) is 16.8 Å². The van der Waals surface area contributed by atoms with Gasteiger partial charge in [-0.1, -0.05) is 12.0 Å². The quantitative estimate of drug-likeness (QED) is 0.788. The Balaban J connectivity index is 2.02. The Morgan fingerprint density at radius 1 is 1.14 bits per heavy atom. The van der Waals surface area contributed by atoms with Crippen molar-refractivity contribution in [2.45, 2.75) is 17.7 Å². The van der Waals surface area contributed by atoms with Crippen LogP contribution in [0, 0.1) is 12.3 Å². The topological polar surface area (TPSA) is 69.7 Å². The average Bonchev–Trinajstić information content (AvgIpc) is 3.22. The van der Waals surface area contributed by atoms with E-state index in [4.69, 9.17) is 6.42 Å². The molecule has 1 heterocycles. The van der Waals surface area contributed by atoms with Crippen LogP contribution >= 0.6 is 0 Å². The minimum atomic E-state index is -3.65. The highest BCUT2D eigenvalue weighted by Crippen LogP contribution is 2.29. The van der Waals surface area contributed by atoms with Crippen molar-refractivity contribution in [1.29, 1.82) is 0 Å². The van der Waals surface area contributed by atoms with Crippen LogP contribution in [-0.4, -0.2) is 45.8 Å². The highest BCUT2D eigenvalue weighted by Gasteiger charge is 2.24. The number of amides is 1. The Hall–Kier alpha value is -2.82. The Bertz CT molecular complexity index is 1030. The first-order valence-electron chi connectivity index (χ1n) is 9.02. The first kappa shape index (κ1) is 19.9. The van der Waals surface area contributed by atoms with E-state index in [0.717, 1.165) is 35.9 Å². The zero-order chi connectivity index (χ0) is 20.3. The predicted octanol–water partition coefficient (Wildman–Crippen LogP) is 2.77. The van der Waals surface area contributed by atoms with Gasteiger partial charge in [0.05, 0.1) is 10.5 Å². The smallest absolute Gasteiger partial charge is 0.257 e. The number of hydrogen-bond donors (Lipinski definition) is 1. The molecular weight excluding hydrogens is 374 g/mol. The number of benzene rings is 2. The third-order valence-corrected chi connectivity index (χ3v) is 6.54. The normalized spacial score (nSPS) is 14.1. The number of hydrogen-bond acceptors (Lipinski definition) is 4. The Labute approximate surface area is 166 Å². The zero-order valence-electron chi connectivity index (χ0n) is 16.0. The van der Waals surface area contributed by atoms with Gasteiger partial charge in [0.15, 0.2) is 0 Å². The molecule has 0 bridgehead atoms. The predicted molar refractivity (Wildman–Crippen MR) is 111 cm³/mol. The van der Waals surface area contributed by atoms with Gasteiger partial charge in [-0.2, -0.15) is 0 Å². The van der Waals surface area contributed by atoms with Crippen LogP contribution in [0.2, 0.25) is 0 Å². The average molecular weight is 398 g/mol. The number of nitrogens with one attached hydrogen (secondary N) is 1. The van der Waals surface area contributed by atoms with Gasteiger partial charge in [0.1, 0.15) is 0 Å². The molecule has 1 saturated heterocycles. The molecule has 0 aromatic heterocycles. The standard InChI is InChI=1S/C21H23N3O3S/c1-4-16-8-7-9-17(14-16)22-21(25)19-15-18(28(26,27)23(2)3)10-11-20(19)24-12-5-6-13-24/h1,7-11,14-15H,5-6,12-13H2,2-3H3,(H,22,25). The molecule has 3 rings (SSSR count). The lowest BCUT2D eigenvalue weighted by molar-refractivity contribution is 0.102. The second kappa shape index (κ2) is 8.05. The molecular formula is C21H23N3O3S. The van der Waals surface area contributed by atoms with Crippen molar-refractivity contribution >= 4 is 27.3 Å². The summed E-state index contributed by atoms with van der Waals surface area (Å²) in [7, 11) is -0.714. The van der Waals surface area contributed by atoms with Crippen LogP contribution in [0.4, 0.5) is 11.4 Å². The molecule has 1 fully saturated rings. The summed E-state index contributed by atoms with van der Waals surface area (Å²) in [5, 5.41) is 2.84. The van der Waals surface area contributed by atoms with Gasteiger partial charge in [0, 0.05) is 44.1 Å². The van der Waals surface area contributed by atoms with Crippen molar-refractivity contribution in [3.63, 3.8) is 0 Å². The SMILES string of the molecule is C#Cc1cccc(NC(=O)c2cc(S(=O)(=O)N(C)C)ccc2N2CCCC2)c1. The molecule has 1 aliphatic rings. The molecule has 7 heteroatoms. The number of terminal acetylenes is 1. The van der Waals surface area contributed by atoms with Gasteiger partial charge in [-0.15, -0.1) is 6.42 Å². The van der Waals surface area contributed by atoms with E-state index in [1.54, 1.807) is 36.4 Å². The van der Waals surface area contributed by atoms with Crippen LogP contribution < -0.4 is 10.2 Å². The monoisotopic (exact) mass is 397 g/mol. The molecule has 0 saturated carbocycles. The number of sulfonamides is 1. The van der Waals surface area contributed by atoms with E-state index >= 15 is 0 Å². The molecule has 2 aromatic carbocycles. The van der Waals surface area contributed by atoms with Crippen LogP contribution in [0.15, 0.2) is 47.4 Å². The fourth-order valence-electron chi connectivity index (χ4n) is 3.19. The van der Waals surface area contributed by atoms with Gasteiger partial charge in [-0.25, -0.2) is 12.7 Å². The zero-order valence-corrected chi connectivity index (χ0v) is 16.8. The molecule has 1 N–H and O–H groups in total. The molecule has 146 valence electrons. The largest absolute Gasteiger partial charge is 0.371 e. The minimum Gasteiger partial charge on any atom is -0.371 e. The third kappa shape index (κ3) is 4.03. The van der Waals surface area contributed by atoms with Gasteiger partial charge < -0.3 is 10.2 Å². The highest BCUT2D eigenvalue weighted by atomic mass is 32.2. The van der Waals surface area contributed by atoms with Crippen LogP contribution in [-0.2, 0) is 10.0 Å². The Morgan fingerprint density at radius 2 is 1.86 bits per heavy atom. The molecule has 0 radical (unpaired) electrons. The van der Waals surface area contributed by atoms with Crippen molar-refractivity contribution in [3.8, 4) is 12.3 Å². The molecule has 2 aromatic rings. The van der Waals surface area contributed by atoms with E-state index in [-0.39, 0.29) is 10.8 Å². The molecule has 0 spiro atoms. The van der Waals surface area contributed by atoms with E-state index in [2.05, 4.69) is 16.1 Å². The molecule has 0 aliphatic carbocycles. The van der Waals surface area contributed by atoms with Crippen molar-refractivity contribution in [2.24, 2.45) is 0 Å². The maximum absolute atomic E-state index is 13.0. The summed E-state index contributed by atoms with van der Waals surface area (Å²) in [4.78, 5) is 15.2. The van der Waals surface area contributed by atoms with E-state index in [1.807, 2.05) is 0 Å². The molecule has 1 aliphatic heterocycles. The Kier molecular flexibility index (Phi) is 5.73. The van der Waals surface area contributed by atoms with Gasteiger partial charge in [0.2, 0.25) is 10.0 Å². The summed E-state index contributed by atoms with van der Waals surface area (Å²) in [5.74, 6) is 2.16. The maximum Gasteiger partial charge on any atom is 0.257 e. The van der Waals surface area contributed by atoms with Crippen LogP contribution in [0.3, 0.4) is 0 Å². The number of anilines is 2. The molecule has 0 atom stereocenters. The summed E-state index contributed by atoms with van der Waals surface area (Å²) in [6.07, 6.45) is 7.51. The number of rotatable bonds is 5. The summed E-state index contributed by atoms with van der Waals surface area (Å²) >= 11 is 0. The third-order valence-electron chi connectivity index (χ3n) is 4.73. The molecule has 6 nitrogen and oxygen atoms in total. The first-order valence-corrected chi connectivity index (χ1v) is 10.5. The Morgan fingerprint density at radius 3 is 2.50 bits per heavy atom. The summed E-state index contributed by atoms with van der Waals surface area (Å²) < 4.78 is 26.2. The lowest BCUT2D eigenvalue weighted by Crippen LogP contribution is -2.25. The van der Waals surface area contributed by atoms with E-state index < -0.39 is 10.0 Å². The van der Waals surface area contributed by atoms with Crippen LogP contribution in [0.25, 0.3) is 0 Å². The van der Waals surface area contributed by atoms with Gasteiger partial charge in [-0.3, -0.25) is 4.79 Å². The molecule has 28 heavy (non-hydrogen) atoms. The number of carbonyl (C=O) groups excluding carboxylic acids is 1. The minimum absolute atomic E-state index is 0.0861. The van der Waals surface area contributed by atoms with Crippen LogP contribution in [0.5, 0.6) is 0 Å². The summed E-state index contributed by atoms with van der Waals surface area (Å²) in [5.41, 5.74) is 2.28. The van der Waals surface area contributed by atoms with E-state index in [1.165, 1.54) is 20.2 Å². The molecule has 0 unspecified atom stereocenters. The van der Waals surface area contributed by atoms with Crippen molar-refractivity contribution < 1.29 is 13.2 Å². The fourth-order valence-corrected chi connectivity index (χ4v) is 4.12. The van der Waals surface area contributed by atoms with Gasteiger partial charge >= 0.3 is 0 Å². The number of nitrogens with zero attached hydrogens (tertiary/aromatic N) is 2. The summed E-state index contributed by atoms with van der Waals surface area (Å²) in [6, 6.07) is 11.7. The lowest BCUT2D eigenvalue weighted by Gasteiger charge is -2.22. The van der Waals surface area contributed by atoms with Crippen molar-refractivity contribution in [3.05, 3.63) is 53.6 Å².